The van der Waals surface area contributed by atoms with E-state index in [1.165, 1.54) is 6.42 Å². The van der Waals surface area contributed by atoms with E-state index >= 15 is 0 Å². The third-order valence-corrected chi connectivity index (χ3v) is 5.35. The standard InChI is InChI=1S/C18H24BrNO2/c1-18(2,3)14-6-11(16(21)8-19)7-15(17(14)22-4)20-9-12-5-13(12)10-20/h6-7,12-13H,5,8-10H2,1-4H3. The zero-order valence-corrected chi connectivity index (χ0v) is 15.4. The predicted molar refractivity (Wildman–Crippen MR) is 93.6 cm³/mol. The van der Waals surface area contributed by atoms with Gasteiger partial charge in [-0.3, -0.25) is 4.79 Å². The molecule has 4 heteroatoms. The molecule has 0 radical (unpaired) electrons. The van der Waals surface area contributed by atoms with Crippen LogP contribution in [0.5, 0.6) is 5.75 Å². The van der Waals surface area contributed by atoms with Gasteiger partial charge in [0, 0.05) is 24.2 Å². The average Bonchev–Trinajstić information content (AvgIpc) is 3.10. The number of benzene rings is 1. The molecular weight excluding hydrogens is 342 g/mol. The topological polar surface area (TPSA) is 29.5 Å². The number of alkyl halides is 1. The number of methoxy groups -OCH3 is 1. The molecule has 1 saturated carbocycles. The maximum absolute atomic E-state index is 12.2. The summed E-state index contributed by atoms with van der Waals surface area (Å²) in [5.41, 5.74) is 2.91. The van der Waals surface area contributed by atoms with Crippen LogP contribution in [0.25, 0.3) is 0 Å². The van der Waals surface area contributed by atoms with Gasteiger partial charge in [-0.2, -0.15) is 0 Å². The van der Waals surface area contributed by atoms with Crippen molar-refractivity contribution in [1.29, 1.82) is 0 Å². The van der Waals surface area contributed by atoms with Gasteiger partial charge in [0.1, 0.15) is 5.75 Å². The van der Waals surface area contributed by atoms with E-state index in [9.17, 15) is 4.79 Å². The maximum atomic E-state index is 12.2. The van der Waals surface area contributed by atoms with E-state index in [0.717, 1.165) is 47.5 Å². The number of fused-ring (bicyclic) bond motifs is 1. The zero-order chi connectivity index (χ0) is 16.1. The Balaban J connectivity index is 2.10. The van der Waals surface area contributed by atoms with Crippen molar-refractivity contribution in [3.63, 3.8) is 0 Å². The molecule has 0 spiro atoms. The summed E-state index contributed by atoms with van der Waals surface area (Å²) in [5, 5.41) is 0.355. The van der Waals surface area contributed by atoms with E-state index in [4.69, 9.17) is 4.74 Å². The van der Waals surface area contributed by atoms with Gasteiger partial charge in [0.05, 0.1) is 18.1 Å². The molecule has 120 valence electrons. The van der Waals surface area contributed by atoms with Crippen LogP contribution in [0.1, 0.15) is 43.1 Å². The van der Waals surface area contributed by atoms with E-state index < -0.39 is 0 Å². The Morgan fingerprint density at radius 3 is 2.45 bits per heavy atom. The normalized spacial score (nSPS) is 23.4. The van der Waals surface area contributed by atoms with Gasteiger partial charge in [0.2, 0.25) is 0 Å². The van der Waals surface area contributed by atoms with Gasteiger partial charge in [0.15, 0.2) is 5.78 Å². The lowest BCUT2D eigenvalue weighted by Gasteiger charge is -2.29. The molecule has 2 fully saturated rings. The van der Waals surface area contributed by atoms with Gasteiger partial charge in [0.25, 0.3) is 0 Å². The number of anilines is 1. The number of hydrogen-bond donors (Lipinski definition) is 0. The highest BCUT2D eigenvalue weighted by Crippen LogP contribution is 2.49. The van der Waals surface area contributed by atoms with Crippen LogP contribution in [0.4, 0.5) is 5.69 Å². The van der Waals surface area contributed by atoms with E-state index in [2.05, 4.69) is 41.6 Å². The number of piperidine rings is 1. The maximum Gasteiger partial charge on any atom is 0.173 e. The summed E-state index contributed by atoms with van der Waals surface area (Å²) >= 11 is 3.29. The summed E-state index contributed by atoms with van der Waals surface area (Å²) in [6.07, 6.45) is 1.37. The second kappa shape index (κ2) is 5.55. The van der Waals surface area contributed by atoms with Crippen LogP contribution >= 0.6 is 15.9 Å². The molecular formula is C18H24BrNO2. The lowest BCUT2D eigenvalue weighted by Crippen LogP contribution is -2.25. The van der Waals surface area contributed by atoms with E-state index in [-0.39, 0.29) is 11.2 Å². The number of carbonyl (C=O) groups is 1. The van der Waals surface area contributed by atoms with Crippen LogP contribution in [0, 0.1) is 11.8 Å². The summed E-state index contributed by atoms with van der Waals surface area (Å²) in [6.45, 7) is 8.68. The lowest BCUT2D eigenvalue weighted by molar-refractivity contribution is 0.102. The number of hydrogen-bond acceptors (Lipinski definition) is 3. The first-order valence-electron chi connectivity index (χ1n) is 7.91. The van der Waals surface area contributed by atoms with Crippen molar-refractivity contribution >= 4 is 27.4 Å². The third-order valence-electron chi connectivity index (χ3n) is 4.84. The summed E-state index contributed by atoms with van der Waals surface area (Å²) in [5.74, 6) is 2.75. The Bertz CT molecular complexity index is 596. The molecule has 0 bridgehead atoms. The number of carbonyl (C=O) groups excluding carboxylic acids is 1. The van der Waals surface area contributed by atoms with Crippen molar-refractivity contribution in [3.05, 3.63) is 23.3 Å². The molecule has 2 atom stereocenters. The molecule has 3 rings (SSSR count). The zero-order valence-electron chi connectivity index (χ0n) is 13.8. The molecule has 1 saturated heterocycles. The minimum absolute atomic E-state index is 0.0641. The van der Waals surface area contributed by atoms with E-state index in [1.807, 2.05) is 12.1 Å². The van der Waals surface area contributed by atoms with Crippen molar-refractivity contribution in [2.45, 2.75) is 32.6 Å². The smallest absolute Gasteiger partial charge is 0.173 e. The number of rotatable bonds is 4. The Hall–Kier alpha value is -1.03. The molecule has 1 heterocycles. The monoisotopic (exact) mass is 365 g/mol. The molecule has 2 aliphatic rings. The van der Waals surface area contributed by atoms with Crippen molar-refractivity contribution in [3.8, 4) is 5.75 Å². The minimum atomic E-state index is -0.0641. The second-order valence-corrected chi connectivity index (χ2v) is 8.10. The van der Waals surface area contributed by atoms with Gasteiger partial charge in [-0.1, -0.05) is 36.7 Å². The van der Waals surface area contributed by atoms with Crippen LogP contribution in [-0.2, 0) is 5.41 Å². The number of ketones is 1. The number of Topliss-reactive ketones (excluding diaryl/α,β-unsaturated/α-hetero) is 1. The first-order chi connectivity index (χ1) is 10.3. The second-order valence-electron chi connectivity index (χ2n) is 7.54. The number of halogens is 1. The quantitative estimate of drug-likeness (QED) is 0.595. The number of nitrogens with zero attached hydrogens (tertiary/aromatic N) is 1. The van der Waals surface area contributed by atoms with E-state index in [1.54, 1.807) is 7.11 Å². The van der Waals surface area contributed by atoms with Crippen molar-refractivity contribution in [1.82, 2.24) is 0 Å². The highest BCUT2D eigenvalue weighted by atomic mass is 79.9. The highest BCUT2D eigenvalue weighted by Gasteiger charge is 2.46. The molecule has 3 nitrogen and oxygen atoms in total. The van der Waals surface area contributed by atoms with Crippen LogP contribution in [0.15, 0.2) is 12.1 Å². The van der Waals surface area contributed by atoms with Crippen LogP contribution in [0.3, 0.4) is 0 Å². The van der Waals surface area contributed by atoms with Gasteiger partial charge in [-0.15, -0.1) is 0 Å². The molecule has 0 N–H and O–H groups in total. The van der Waals surface area contributed by atoms with Gasteiger partial charge in [-0.25, -0.2) is 0 Å². The van der Waals surface area contributed by atoms with Crippen LogP contribution < -0.4 is 9.64 Å². The van der Waals surface area contributed by atoms with Gasteiger partial charge in [-0.05, 0) is 35.8 Å². The molecule has 22 heavy (non-hydrogen) atoms. The first-order valence-corrected chi connectivity index (χ1v) is 9.04. The molecule has 0 aromatic heterocycles. The Labute approximate surface area is 141 Å². The average molecular weight is 366 g/mol. The largest absolute Gasteiger partial charge is 0.494 e. The fraction of sp³-hybridized carbons (Fsp3) is 0.611. The Kier molecular flexibility index (Phi) is 4.00. The molecule has 1 aromatic rings. The highest BCUT2D eigenvalue weighted by molar-refractivity contribution is 9.09. The van der Waals surface area contributed by atoms with Gasteiger partial charge >= 0.3 is 0 Å². The van der Waals surface area contributed by atoms with Gasteiger partial charge < -0.3 is 9.64 Å². The van der Waals surface area contributed by atoms with Crippen molar-refractivity contribution in [2.75, 3.05) is 30.4 Å². The fourth-order valence-corrected chi connectivity index (χ4v) is 3.78. The lowest BCUT2D eigenvalue weighted by atomic mass is 9.84. The molecule has 1 aliphatic heterocycles. The third kappa shape index (κ3) is 2.78. The van der Waals surface area contributed by atoms with Crippen LogP contribution in [-0.4, -0.2) is 31.3 Å². The number of ether oxygens (including phenoxy) is 1. The summed E-state index contributed by atoms with van der Waals surface area (Å²) in [7, 11) is 1.73. The first kappa shape index (κ1) is 15.9. The Morgan fingerprint density at radius 2 is 1.95 bits per heavy atom. The molecule has 1 aromatic carbocycles. The molecule has 0 amide bonds. The summed E-state index contributed by atoms with van der Waals surface area (Å²) in [4.78, 5) is 14.6. The van der Waals surface area contributed by atoms with Crippen molar-refractivity contribution in [2.24, 2.45) is 11.8 Å². The van der Waals surface area contributed by atoms with E-state index in [0.29, 0.717) is 5.33 Å². The minimum Gasteiger partial charge on any atom is -0.494 e. The summed E-state index contributed by atoms with van der Waals surface area (Å²) in [6, 6.07) is 4.02. The van der Waals surface area contributed by atoms with Crippen LogP contribution in [0.2, 0.25) is 0 Å². The summed E-state index contributed by atoms with van der Waals surface area (Å²) < 4.78 is 5.77. The molecule has 1 aliphatic carbocycles. The Morgan fingerprint density at radius 1 is 1.32 bits per heavy atom. The molecule has 2 unspecified atom stereocenters. The predicted octanol–water partition coefficient (Wildman–Crippen LogP) is 4.03. The van der Waals surface area contributed by atoms with Crippen molar-refractivity contribution < 1.29 is 9.53 Å². The SMILES string of the molecule is COc1c(N2CC3CC3C2)cc(C(=O)CBr)cc1C(C)(C)C. The fourth-order valence-electron chi connectivity index (χ4n) is 3.45.